The fraction of sp³-hybridized carbons (Fsp3) is 0.908. The summed E-state index contributed by atoms with van der Waals surface area (Å²) in [5, 5.41) is 141. The number of aliphatic carboxylic acids is 1. The van der Waals surface area contributed by atoms with E-state index < -0.39 is 185 Å². The molecular formula is C65H117N3O24. The number of unbranched alkanes of at least 4 members (excludes halogenated alkanes) is 25. The number of carboxylic acid groups (broad SMARTS) is 1. The Morgan fingerprint density at radius 2 is 0.978 bits per heavy atom. The highest BCUT2D eigenvalue weighted by Crippen LogP contribution is 2.39. The molecule has 15 N–H and O–H groups in total. The number of carbonyl (C=O) groups excluding carboxylic acids is 3. The van der Waals surface area contributed by atoms with Gasteiger partial charge in [-0.25, -0.2) is 4.79 Å². The summed E-state index contributed by atoms with van der Waals surface area (Å²) in [6, 6.07) is -4.13. The molecule has 0 bridgehead atoms. The number of aliphatic hydroxyl groups excluding tert-OH is 11. The monoisotopic (exact) mass is 1320 g/mol. The normalized spacial score (nSPS) is 32.5. The van der Waals surface area contributed by atoms with Crippen LogP contribution in [0.2, 0.25) is 0 Å². The van der Waals surface area contributed by atoms with Crippen LogP contribution in [0.15, 0.2) is 12.2 Å². The van der Waals surface area contributed by atoms with Crippen LogP contribution in [-0.2, 0) is 57.1 Å². The second-order valence-corrected chi connectivity index (χ2v) is 25.5. The molecule has 0 aromatic carbocycles. The van der Waals surface area contributed by atoms with E-state index in [0.29, 0.717) is 12.8 Å². The van der Waals surface area contributed by atoms with Gasteiger partial charge in [-0.05, 0) is 19.3 Å². The van der Waals surface area contributed by atoms with Crippen LogP contribution in [-0.4, -0.2) is 246 Å². The molecule has 0 aromatic rings. The van der Waals surface area contributed by atoms with Crippen LogP contribution < -0.4 is 16.0 Å². The number of aliphatic hydroxyl groups is 11. The van der Waals surface area contributed by atoms with E-state index in [-0.39, 0.29) is 12.3 Å². The van der Waals surface area contributed by atoms with Crippen LogP contribution in [0.25, 0.3) is 0 Å². The third kappa shape index (κ3) is 26.7. The van der Waals surface area contributed by atoms with Crippen molar-refractivity contribution >= 4 is 23.7 Å². The van der Waals surface area contributed by atoms with Crippen LogP contribution in [0.3, 0.4) is 0 Å². The molecule has 4 fully saturated rings. The van der Waals surface area contributed by atoms with Crippen molar-refractivity contribution < 1.29 is 118 Å². The number of allylic oxidation sites excluding steroid dienone is 1. The maximum absolute atomic E-state index is 13.5. The lowest BCUT2D eigenvalue weighted by Crippen LogP contribution is -2.71. The second-order valence-electron chi connectivity index (χ2n) is 25.5. The van der Waals surface area contributed by atoms with E-state index in [1.807, 2.05) is 6.08 Å². The van der Waals surface area contributed by atoms with Crippen molar-refractivity contribution in [1.82, 2.24) is 16.0 Å². The molecule has 0 spiro atoms. The molecule has 4 saturated heterocycles. The van der Waals surface area contributed by atoms with Crippen molar-refractivity contribution in [2.45, 2.75) is 342 Å². The van der Waals surface area contributed by atoms with Crippen molar-refractivity contribution in [2.24, 2.45) is 0 Å². The Morgan fingerprint density at radius 1 is 0.522 bits per heavy atom. The molecular weight excluding hydrogens is 1210 g/mol. The Kier molecular flexibility index (Phi) is 39.4. The van der Waals surface area contributed by atoms with Crippen LogP contribution in [0.5, 0.6) is 0 Å². The van der Waals surface area contributed by atoms with Gasteiger partial charge in [0.2, 0.25) is 17.7 Å². The van der Waals surface area contributed by atoms with Gasteiger partial charge in [0.1, 0.15) is 79.3 Å². The van der Waals surface area contributed by atoms with E-state index in [1.54, 1.807) is 6.08 Å². The third-order valence-electron chi connectivity index (χ3n) is 17.8. The average molecular weight is 1320 g/mol. The summed E-state index contributed by atoms with van der Waals surface area (Å²) >= 11 is 0. The summed E-state index contributed by atoms with van der Waals surface area (Å²) in [4.78, 5) is 51.3. The van der Waals surface area contributed by atoms with Crippen LogP contribution in [0.1, 0.15) is 214 Å². The lowest BCUT2D eigenvalue weighted by Gasteiger charge is -2.52. The number of amides is 3. The molecule has 27 heteroatoms. The highest BCUT2D eigenvalue weighted by molar-refractivity contribution is 5.77. The molecule has 4 rings (SSSR count). The number of nitrogens with one attached hydrogen (secondary N) is 3. The predicted molar refractivity (Wildman–Crippen MR) is 334 cm³/mol. The maximum atomic E-state index is 13.5. The van der Waals surface area contributed by atoms with E-state index >= 15 is 0 Å². The zero-order valence-corrected chi connectivity index (χ0v) is 55.0. The van der Waals surface area contributed by atoms with Gasteiger partial charge in [0.15, 0.2) is 18.9 Å². The Hall–Kier alpha value is -3.14. The SMILES string of the molecule is CCCCCCCCCCCCC/C=C/[C@@H](O)[C@H](CO[C@@H]1O[C@H](CO)[C@@H](O[C@@H]2O[C@H](CO)[C@H](O[C@@H]3O[C@H](CO)[C@H](O)[C@H](O)[C@H]3NC(C)=O)[C@H](O[C@]3(C(=O)O)C[C@H](O)[C@@H](NC(C)=O)[C@H](CO)O3)[C@H]2O)[C@H](O)[C@H]1O)NC(=O)CCCCCCCCCCCCCCCCC. The summed E-state index contributed by atoms with van der Waals surface area (Å²) < 4.78 is 47.8. The number of carboxylic acids is 1. The van der Waals surface area contributed by atoms with Gasteiger partial charge in [-0.2, -0.15) is 0 Å². The molecule has 27 nitrogen and oxygen atoms in total. The van der Waals surface area contributed by atoms with Crippen molar-refractivity contribution in [3.05, 3.63) is 12.2 Å². The van der Waals surface area contributed by atoms with Gasteiger partial charge in [-0.15, -0.1) is 0 Å². The van der Waals surface area contributed by atoms with Gasteiger partial charge in [0.25, 0.3) is 5.79 Å². The molecule has 0 aliphatic carbocycles. The maximum Gasteiger partial charge on any atom is 0.364 e. The Bertz CT molecular complexity index is 2070. The van der Waals surface area contributed by atoms with Gasteiger partial charge < -0.3 is 115 Å². The molecule has 92 heavy (non-hydrogen) atoms. The van der Waals surface area contributed by atoms with E-state index in [2.05, 4.69) is 29.8 Å². The fourth-order valence-corrected chi connectivity index (χ4v) is 12.4. The lowest BCUT2D eigenvalue weighted by molar-refractivity contribution is -0.399. The molecule has 0 radical (unpaired) electrons. The van der Waals surface area contributed by atoms with Gasteiger partial charge in [0.05, 0.1) is 57.3 Å². The zero-order valence-electron chi connectivity index (χ0n) is 55.0. The summed E-state index contributed by atoms with van der Waals surface area (Å²) in [5.41, 5.74) is 0. The molecule has 4 aliphatic rings. The number of carbonyl (C=O) groups is 4. The number of ether oxygens (including phenoxy) is 8. The second kappa shape index (κ2) is 44.6. The fourth-order valence-electron chi connectivity index (χ4n) is 12.4. The highest BCUT2D eigenvalue weighted by atomic mass is 16.8. The van der Waals surface area contributed by atoms with Crippen molar-refractivity contribution in [3.8, 4) is 0 Å². The van der Waals surface area contributed by atoms with E-state index in [1.165, 1.54) is 109 Å². The predicted octanol–water partition coefficient (Wildman–Crippen LogP) is 2.41. The van der Waals surface area contributed by atoms with Gasteiger partial charge in [-0.1, -0.05) is 180 Å². The Balaban J connectivity index is 1.50. The summed E-state index contributed by atoms with van der Waals surface area (Å²) in [7, 11) is 0. The summed E-state index contributed by atoms with van der Waals surface area (Å²) in [6.07, 6.45) is 1.87. The minimum absolute atomic E-state index is 0.180. The molecule has 4 heterocycles. The van der Waals surface area contributed by atoms with Gasteiger partial charge in [0, 0.05) is 26.7 Å². The smallest absolute Gasteiger partial charge is 0.364 e. The number of rotatable bonds is 47. The average Bonchev–Trinajstić information content (AvgIpc) is 0.767. The first-order chi connectivity index (χ1) is 44.2. The largest absolute Gasteiger partial charge is 0.477 e. The first-order valence-corrected chi connectivity index (χ1v) is 34.4. The minimum Gasteiger partial charge on any atom is -0.477 e. The number of hydrogen-bond acceptors (Lipinski definition) is 23. The molecule has 21 atom stereocenters. The standard InChI is InChI=1S/C65H117N3O24/c1-5-7-9-11-13-15-17-19-20-22-24-26-28-30-32-34-50(77)68-43(44(75)33-31-29-27-25-23-21-18-16-14-12-10-8-6-2)40-85-62-56(81)55(80)58(48(38-71)87-62)89-63-57(82)60(92-65(64(83)84)35-45(76)51(66-41(3)73)46(36-69)91-65)59(49(39-72)88-63)90-61-52(67-42(4)74)54(79)53(78)47(37-70)86-61/h31,33,43-49,51-63,69-72,75-76,78-82H,5-30,32,34-40H2,1-4H3,(H,66,73)(H,67,74)(H,68,77)(H,83,84)/b33-31+/t43-,44+,45-,46-,47+,48+,49+,51+,52+,53-,54+,55+,56+,57+,58+,59-,60+,61-,62+,63-,65-/m0/s1. The van der Waals surface area contributed by atoms with E-state index in [9.17, 15) is 80.5 Å². The van der Waals surface area contributed by atoms with Crippen molar-refractivity contribution in [3.63, 3.8) is 0 Å². The minimum atomic E-state index is -3.05. The molecule has 0 aromatic heterocycles. The van der Waals surface area contributed by atoms with Crippen molar-refractivity contribution in [2.75, 3.05) is 33.0 Å². The zero-order chi connectivity index (χ0) is 67.6. The molecule has 3 amide bonds. The van der Waals surface area contributed by atoms with E-state index in [4.69, 9.17) is 37.9 Å². The summed E-state index contributed by atoms with van der Waals surface area (Å²) in [5.74, 6) is -6.81. The van der Waals surface area contributed by atoms with Crippen LogP contribution >= 0.6 is 0 Å². The molecule has 0 unspecified atom stereocenters. The van der Waals surface area contributed by atoms with Gasteiger partial charge >= 0.3 is 5.97 Å². The topological polar surface area (TPSA) is 421 Å². The third-order valence-corrected chi connectivity index (χ3v) is 17.8. The highest BCUT2D eigenvalue weighted by Gasteiger charge is 2.60. The van der Waals surface area contributed by atoms with E-state index in [0.717, 1.165) is 65.2 Å². The first kappa shape index (κ1) is 81.3. The van der Waals surface area contributed by atoms with Gasteiger partial charge in [-0.3, -0.25) is 14.4 Å². The molecule has 536 valence electrons. The lowest BCUT2D eigenvalue weighted by atomic mass is 9.91. The molecule has 4 aliphatic heterocycles. The van der Waals surface area contributed by atoms with Crippen molar-refractivity contribution in [1.29, 1.82) is 0 Å². The Morgan fingerprint density at radius 3 is 1.48 bits per heavy atom. The molecule has 0 saturated carbocycles. The quantitative estimate of drug-likeness (QED) is 0.0307. The van der Waals surface area contributed by atoms with Crippen LogP contribution in [0, 0.1) is 0 Å². The first-order valence-electron chi connectivity index (χ1n) is 34.4. The summed E-state index contributed by atoms with van der Waals surface area (Å²) in [6.45, 7) is 2.17. The number of hydrogen-bond donors (Lipinski definition) is 15. The Labute approximate surface area is 543 Å². The van der Waals surface area contributed by atoms with Crippen LogP contribution in [0.4, 0.5) is 0 Å².